The number of hydrogen-bond donors (Lipinski definition) is 2. The second-order valence-corrected chi connectivity index (χ2v) is 7.98. The minimum absolute atomic E-state index is 0.0163. The fraction of sp³-hybridized carbons (Fsp3) is 0.917. The van der Waals surface area contributed by atoms with Gasteiger partial charge in [0.15, 0.2) is 9.84 Å². The highest BCUT2D eigenvalue weighted by atomic mass is 32.2. The summed E-state index contributed by atoms with van der Waals surface area (Å²) in [5.41, 5.74) is -0.0774. The Hall–Kier alpha value is -0.620. The number of carbonyl (C=O) groups excluding carboxylic acids is 1. The zero-order chi connectivity index (χ0) is 13.8. The maximum Gasteiger partial charge on any atom is 0.237 e. The molecule has 18 heavy (non-hydrogen) atoms. The maximum atomic E-state index is 12.0. The third-order valence-electron chi connectivity index (χ3n) is 3.54. The second kappa shape index (κ2) is 6.02. The van der Waals surface area contributed by atoms with Crippen LogP contribution in [0, 0.1) is 5.41 Å². The number of sulfone groups is 1. The number of carbonyl (C=O) groups is 1. The fourth-order valence-corrected chi connectivity index (χ4v) is 2.94. The highest BCUT2D eigenvalue weighted by Gasteiger charge is 2.36. The SMILES string of the molecule is CCS(=O)(=O)CCNC(=O)C1NCCCC1(C)C. The predicted molar refractivity (Wildman–Crippen MR) is 72.1 cm³/mol. The molecule has 1 aliphatic heterocycles. The molecular formula is C12H24N2O3S. The molecule has 1 amide bonds. The molecule has 0 aromatic rings. The van der Waals surface area contributed by atoms with Gasteiger partial charge >= 0.3 is 0 Å². The van der Waals surface area contributed by atoms with E-state index in [0.717, 1.165) is 19.4 Å². The van der Waals surface area contributed by atoms with Gasteiger partial charge in [-0.15, -0.1) is 0 Å². The topological polar surface area (TPSA) is 75.3 Å². The number of amides is 1. The molecule has 2 N–H and O–H groups in total. The summed E-state index contributed by atoms with van der Waals surface area (Å²) in [6.45, 7) is 6.78. The molecule has 1 saturated heterocycles. The van der Waals surface area contributed by atoms with Gasteiger partial charge in [0.1, 0.15) is 0 Å². The van der Waals surface area contributed by atoms with Crippen molar-refractivity contribution < 1.29 is 13.2 Å². The van der Waals surface area contributed by atoms with Gasteiger partial charge in [-0.3, -0.25) is 4.79 Å². The largest absolute Gasteiger partial charge is 0.354 e. The minimum atomic E-state index is -3.01. The van der Waals surface area contributed by atoms with Crippen LogP contribution in [0.3, 0.4) is 0 Å². The van der Waals surface area contributed by atoms with Crippen molar-refractivity contribution in [1.82, 2.24) is 10.6 Å². The molecule has 106 valence electrons. The van der Waals surface area contributed by atoms with Gasteiger partial charge in [-0.1, -0.05) is 20.8 Å². The van der Waals surface area contributed by atoms with E-state index in [0.29, 0.717) is 0 Å². The summed E-state index contributed by atoms with van der Waals surface area (Å²) in [6, 6.07) is -0.226. The summed E-state index contributed by atoms with van der Waals surface area (Å²) in [5.74, 6) is 0.0457. The average Bonchev–Trinajstić information content (AvgIpc) is 2.28. The summed E-state index contributed by atoms with van der Waals surface area (Å²) in [7, 11) is -3.01. The Morgan fingerprint density at radius 3 is 2.67 bits per heavy atom. The van der Waals surface area contributed by atoms with Crippen molar-refractivity contribution in [3.05, 3.63) is 0 Å². The average molecular weight is 276 g/mol. The lowest BCUT2D eigenvalue weighted by molar-refractivity contribution is -0.126. The van der Waals surface area contributed by atoms with E-state index < -0.39 is 9.84 Å². The summed E-state index contributed by atoms with van der Waals surface area (Å²) in [6.07, 6.45) is 2.08. The molecule has 0 aromatic heterocycles. The number of hydrogen-bond acceptors (Lipinski definition) is 4. The summed E-state index contributed by atoms with van der Waals surface area (Å²) >= 11 is 0. The third kappa shape index (κ3) is 4.24. The standard InChI is InChI=1S/C12H24N2O3S/c1-4-18(16,17)9-8-14-11(15)10-12(2,3)6-5-7-13-10/h10,13H,4-9H2,1-3H3,(H,14,15). The van der Waals surface area contributed by atoms with Crippen molar-refractivity contribution in [2.45, 2.75) is 39.7 Å². The normalized spacial score (nSPS) is 23.6. The van der Waals surface area contributed by atoms with Crippen molar-refractivity contribution in [3.63, 3.8) is 0 Å². The maximum absolute atomic E-state index is 12.0. The van der Waals surface area contributed by atoms with Crippen LogP contribution in [0.15, 0.2) is 0 Å². The van der Waals surface area contributed by atoms with Crippen molar-refractivity contribution >= 4 is 15.7 Å². The molecule has 0 spiro atoms. The number of rotatable bonds is 5. The molecule has 0 aliphatic carbocycles. The first-order chi connectivity index (χ1) is 8.28. The Labute approximate surface area is 110 Å². The Bertz CT molecular complexity index is 390. The van der Waals surface area contributed by atoms with Gasteiger partial charge in [-0.25, -0.2) is 8.42 Å². The van der Waals surface area contributed by atoms with E-state index in [1.54, 1.807) is 6.92 Å². The first-order valence-electron chi connectivity index (χ1n) is 6.50. The van der Waals surface area contributed by atoms with Crippen LogP contribution in [0.5, 0.6) is 0 Å². The van der Waals surface area contributed by atoms with Crippen LogP contribution in [0.4, 0.5) is 0 Å². The lowest BCUT2D eigenvalue weighted by Gasteiger charge is -2.38. The Kier molecular flexibility index (Phi) is 5.16. The van der Waals surface area contributed by atoms with E-state index in [9.17, 15) is 13.2 Å². The molecule has 1 aliphatic rings. The van der Waals surface area contributed by atoms with Gasteiger partial charge in [-0.2, -0.15) is 0 Å². The van der Waals surface area contributed by atoms with Gasteiger partial charge < -0.3 is 10.6 Å². The Balaban J connectivity index is 2.45. The van der Waals surface area contributed by atoms with Crippen LogP contribution in [-0.4, -0.2) is 45.0 Å². The molecular weight excluding hydrogens is 252 g/mol. The molecule has 0 saturated carbocycles. The highest BCUT2D eigenvalue weighted by molar-refractivity contribution is 7.91. The molecule has 1 fully saturated rings. The van der Waals surface area contributed by atoms with E-state index in [-0.39, 0.29) is 35.4 Å². The zero-order valence-electron chi connectivity index (χ0n) is 11.5. The monoisotopic (exact) mass is 276 g/mol. The second-order valence-electron chi connectivity index (χ2n) is 5.51. The fourth-order valence-electron chi connectivity index (χ4n) is 2.23. The molecule has 1 unspecified atom stereocenters. The third-order valence-corrected chi connectivity index (χ3v) is 5.25. The van der Waals surface area contributed by atoms with E-state index in [2.05, 4.69) is 24.5 Å². The molecule has 0 bridgehead atoms. The van der Waals surface area contributed by atoms with Crippen LogP contribution in [0.25, 0.3) is 0 Å². The lowest BCUT2D eigenvalue weighted by Crippen LogP contribution is -2.56. The molecule has 1 heterocycles. The molecule has 6 heteroatoms. The lowest BCUT2D eigenvalue weighted by atomic mass is 9.77. The van der Waals surface area contributed by atoms with Crippen molar-refractivity contribution in [2.24, 2.45) is 5.41 Å². The molecule has 1 rings (SSSR count). The molecule has 5 nitrogen and oxygen atoms in total. The van der Waals surface area contributed by atoms with Crippen LogP contribution in [-0.2, 0) is 14.6 Å². The van der Waals surface area contributed by atoms with Gasteiger partial charge in [0, 0.05) is 12.3 Å². The highest BCUT2D eigenvalue weighted by Crippen LogP contribution is 2.29. The van der Waals surface area contributed by atoms with Gasteiger partial charge in [-0.05, 0) is 24.8 Å². The molecule has 0 radical (unpaired) electrons. The first-order valence-corrected chi connectivity index (χ1v) is 8.32. The van der Waals surface area contributed by atoms with Crippen molar-refractivity contribution in [1.29, 1.82) is 0 Å². The van der Waals surface area contributed by atoms with Crippen LogP contribution in [0.1, 0.15) is 33.6 Å². The van der Waals surface area contributed by atoms with Crippen LogP contribution in [0.2, 0.25) is 0 Å². The van der Waals surface area contributed by atoms with E-state index in [4.69, 9.17) is 0 Å². The zero-order valence-corrected chi connectivity index (χ0v) is 12.3. The minimum Gasteiger partial charge on any atom is -0.354 e. The van der Waals surface area contributed by atoms with E-state index >= 15 is 0 Å². The molecule has 0 aromatic carbocycles. The van der Waals surface area contributed by atoms with Crippen molar-refractivity contribution in [2.75, 3.05) is 24.6 Å². The smallest absolute Gasteiger partial charge is 0.237 e. The first kappa shape index (κ1) is 15.4. The summed E-state index contributed by atoms with van der Waals surface area (Å²) in [5, 5.41) is 5.93. The van der Waals surface area contributed by atoms with Crippen molar-refractivity contribution in [3.8, 4) is 0 Å². The summed E-state index contributed by atoms with van der Waals surface area (Å²) < 4.78 is 22.6. The number of nitrogens with one attached hydrogen (secondary N) is 2. The van der Waals surface area contributed by atoms with E-state index in [1.807, 2.05) is 0 Å². The van der Waals surface area contributed by atoms with Gasteiger partial charge in [0.25, 0.3) is 0 Å². The number of piperidine rings is 1. The van der Waals surface area contributed by atoms with Gasteiger partial charge in [0.2, 0.25) is 5.91 Å². The molecule has 1 atom stereocenters. The van der Waals surface area contributed by atoms with E-state index in [1.165, 1.54) is 0 Å². The Morgan fingerprint density at radius 2 is 2.11 bits per heavy atom. The van der Waals surface area contributed by atoms with Crippen LogP contribution >= 0.6 is 0 Å². The quantitative estimate of drug-likeness (QED) is 0.758. The predicted octanol–water partition coefficient (Wildman–Crippen LogP) is 0.316. The van der Waals surface area contributed by atoms with Gasteiger partial charge in [0.05, 0.1) is 11.8 Å². The summed E-state index contributed by atoms with van der Waals surface area (Å²) in [4.78, 5) is 12.0. The van der Waals surface area contributed by atoms with Crippen LogP contribution < -0.4 is 10.6 Å². The Morgan fingerprint density at radius 1 is 1.44 bits per heavy atom.